The lowest BCUT2D eigenvalue weighted by Gasteiger charge is -2.06. The maximum atomic E-state index is 10.3. The van der Waals surface area contributed by atoms with Gasteiger partial charge in [0.2, 0.25) is 0 Å². The zero-order chi connectivity index (χ0) is 6.78. The zero-order valence-corrected chi connectivity index (χ0v) is 5.52. The average molecular weight is 136 g/mol. The highest BCUT2D eigenvalue weighted by Crippen LogP contribution is 2.28. The molecule has 0 rings (SSSR count). The van der Waals surface area contributed by atoms with Crippen molar-refractivity contribution >= 4 is 7.67 Å². The van der Waals surface area contributed by atoms with Crippen molar-refractivity contribution in [2.24, 2.45) is 11.0 Å². The van der Waals surface area contributed by atoms with Gasteiger partial charge in [-0.2, -0.15) is 0 Å². The van der Waals surface area contributed by atoms with Gasteiger partial charge < -0.3 is 4.52 Å². The van der Waals surface area contributed by atoms with Crippen LogP contribution in [0.15, 0.2) is 12.3 Å². The van der Waals surface area contributed by atoms with Crippen molar-refractivity contribution in [3.8, 4) is 0 Å². The molecule has 8 heavy (non-hydrogen) atoms. The fraction of sp³-hybridized carbons (Fsp3) is 0.333. The second-order valence-electron chi connectivity index (χ2n) is 1.44. The van der Waals surface area contributed by atoms with E-state index in [1.165, 1.54) is 6.92 Å². The molecule has 0 heterocycles. The highest BCUT2D eigenvalue weighted by molar-refractivity contribution is 7.53. The quantitative estimate of drug-likeness (QED) is 0.429. The van der Waals surface area contributed by atoms with Crippen LogP contribution in [0.5, 0.6) is 0 Å². The van der Waals surface area contributed by atoms with Crippen LogP contribution in [0.25, 0.3) is 0 Å². The molecule has 0 bridgehead atoms. The molecule has 0 amide bonds. The SMILES string of the molecule is C=C(C)OP(N)(N)=O. The van der Waals surface area contributed by atoms with Gasteiger partial charge >= 0.3 is 7.67 Å². The van der Waals surface area contributed by atoms with Crippen molar-refractivity contribution in [2.75, 3.05) is 0 Å². The van der Waals surface area contributed by atoms with Gasteiger partial charge in [0.1, 0.15) is 0 Å². The third-order valence-electron chi connectivity index (χ3n) is 0.299. The summed E-state index contributed by atoms with van der Waals surface area (Å²) < 4.78 is 14.7. The molecule has 0 aliphatic heterocycles. The van der Waals surface area contributed by atoms with Crippen molar-refractivity contribution in [3.63, 3.8) is 0 Å². The number of nitrogens with two attached hydrogens (primary N) is 2. The standard InChI is InChI=1S/C3H9N2O2P/c1-3(2)7-8(4,5)6/h1H2,2H3,(H4,4,5,6). The van der Waals surface area contributed by atoms with Gasteiger partial charge in [-0.3, -0.25) is 0 Å². The molecular formula is C3H9N2O2P. The van der Waals surface area contributed by atoms with Crippen molar-refractivity contribution in [1.82, 2.24) is 0 Å². The molecule has 0 aromatic rings. The molecule has 0 aromatic carbocycles. The molecule has 0 aliphatic carbocycles. The van der Waals surface area contributed by atoms with E-state index in [2.05, 4.69) is 11.1 Å². The first-order valence-corrected chi connectivity index (χ1v) is 3.70. The van der Waals surface area contributed by atoms with E-state index in [0.717, 1.165) is 0 Å². The predicted octanol–water partition coefficient (Wildman–Crippen LogP) is 0.562. The highest BCUT2D eigenvalue weighted by Gasteiger charge is 2.07. The van der Waals surface area contributed by atoms with Gasteiger partial charge in [0.15, 0.2) is 0 Å². The maximum absolute atomic E-state index is 10.3. The van der Waals surface area contributed by atoms with Gasteiger partial charge in [0.25, 0.3) is 0 Å². The lowest BCUT2D eigenvalue weighted by atomic mass is 10.7. The van der Waals surface area contributed by atoms with E-state index in [4.69, 9.17) is 11.0 Å². The van der Waals surface area contributed by atoms with Crippen molar-refractivity contribution in [3.05, 3.63) is 12.3 Å². The summed E-state index contributed by atoms with van der Waals surface area (Å²) in [5.41, 5.74) is 9.57. The lowest BCUT2D eigenvalue weighted by molar-refractivity contribution is 0.408. The number of hydrogen-bond acceptors (Lipinski definition) is 2. The smallest absolute Gasteiger partial charge is 0.384 e. The third kappa shape index (κ3) is 5.69. The second kappa shape index (κ2) is 2.31. The van der Waals surface area contributed by atoms with E-state index >= 15 is 0 Å². The molecule has 0 radical (unpaired) electrons. The minimum absolute atomic E-state index is 0.262. The largest absolute Gasteiger partial charge is 0.428 e. The Labute approximate surface area is 48.1 Å². The van der Waals surface area contributed by atoms with Gasteiger partial charge in [-0.15, -0.1) is 0 Å². The van der Waals surface area contributed by atoms with Crippen molar-refractivity contribution in [2.45, 2.75) is 6.92 Å². The molecule has 0 saturated carbocycles. The first kappa shape index (κ1) is 7.69. The van der Waals surface area contributed by atoms with Crippen LogP contribution in [0.1, 0.15) is 6.92 Å². The van der Waals surface area contributed by atoms with Crippen molar-refractivity contribution < 1.29 is 9.09 Å². The Bertz CT molecular complexity index is 138. The second-order valence-corrected chi connectivity index (χ2v) is 2.91. The van der Waals surface area contributed by atoms with Crippen LogP contribution in [0.2, 0.25) is 0 Å². The summed E-state index contributed by atoms with van der Waals surface area (Å²) in [6, 6.07) is 0. The molecule has 0 fully saturated rings. The molecule has 4 nitrogen and oxygen atoms in total. The summed E-state index contributed by atoms with van der Waals surface area (Å²) in [5, 5.41) is 0. The Balaban J connectivity index is 3.74. The summed E-state index contributed by atoms with van der Waals surface area (Å²) in [7, 11) is -3.32. The fourth-order valence-electron chi connectivity index (χ4n) is 0.244. The van der Waals surface area contributed by atoms with E-state index in [1.54, 1.807) is 0 Å². The van der Waals surface area contributed by atoms with Gasteiger partial charge in [-0.05, 0) is 6.92 Å². The predicted molar refractivity (Wildman–Crippen MR) is 31.9 cm³/mol. The average Bonchev–Trinajstić information content (AvgIpc) is 1.21. The topological polar surface area (TPSA) is 78.3 Å². The van der Waals surface area contributed by atoms with Crippen LogP contribution >= 0.6 is 7.67 Å². The Hall–Kier alpha value is -0.310. The van der Waals surface area contributed by atoms with Crippen LogP contribution < -0.4 is 11.0 Å². The normalized spacial score (nSPS) is 10.9. The van der Waals surface area contributed by atoms with Crippen LogP contribution in [0, 0.1) is 0 Å². The Morgan fingerprint density at radius 1 is 1.75 bits per heavy atom. The van der Waals surface area contributed by atoms with E-state index in [-0.39, 0.29) is 5.76 Å². The summed E-state index contributed by atoms with van der Waals surface area (Å²) in [6.45, 7) is 4.81. The van der Waals surface area contributed by atoms with Crippen molar-refractivity contribution in [1.29, 1.82) is 0 Å². The molecule has 0 saturated heterocycles. The summed E-state index contributed by atoms with van der Waals surface area (Å²) in [4.78, 5) is 0. The third-order valence-corrected chi connectivity index (χ3v) is 0.896. The van der Waals surface area contributed by atoms with Gasteiger partial charge in [-0.1, -0.05) is 6.58 Å². The summed E-state index contributed by atoms with van der Waals surface area (Å²) in [6.07, 6.45) is 0. The van der Waals surface area contributed by atoms with Gasteiger partial charge in [0, 0.05) is 0 Å². The van der Waals surface area contributed by atoms with Crippen LogP contribution in [-0.2, 0) is 9.09 Å². The minimum atomic E-state index is -3.32. The molecule has 0 spiro atoms. The number of rotatable bonds is 2. The molecule has 0 unspecified atom stereocenters. The molecule has 0 aliphatic rings. The lowest BCUT2D eigenvalue weighted by Crippen LogP contribution is -2.06. The fourth-order valence-corrected chi connectivity index (χ4v) is 0.731. The van der Waals surface area contributed by atoms with Crippen LogP contribution in [0.4, 0.5) is 0 Å². The summed E-state index contributed by atoms with van der Waals surface area (Å²) >= 11 is 0. The van der Waals surface area contributed by atoms with Crippen LogP contribution in [-0.4, -0.2) is 0 Å². The maximum Gasteiger partial charge on any atom is 0.384 e. The first-order valence-electron chi connectivity index (χ1n) is 1.94. The summed E-state index contributed by atoms with van der Waals surface area (Å²) in [5.74, 6) is 0.262. The molecular weight excluding hydrogens is 127 g/mol. The van der Waals surface area contributed by atoms with E-state index in [1.807, 2.05) is 0 Å². The highest BCUT2D eigenvalue weighted by atomic mass is 31.2. The van der Waals surface area contributed by atoms with E-state index in [9.17, 15) is 4.57 Å². The van der Waals surface area contributed by atoms with E-state index in [0.29, 0.717) is 0 Å². The zero-order valence-electron chi connectivity index (χ0n) is 4.63. The monoisotopic (exact) mass is 136 g/mol. The Morgan fingerprint density at radius 3 is 2.12 bits per heavy atom. The van der Waals surface area contributed by atoms with Gasteiger partial charge in [0.05, 0.1) is 5.76 Å². The number of hydrogen-bond donors (Lipinski definition) is 2. The molecule has 0 aromatic heterocycles. The first-order chi connectivity index (χ1) is 3.42. The molecule has 48 valence electrons. The molecule has 5 heteroatoms. The number of allylic oxidation sites excluding steroid dienone is 1. The Kier molecular flexibility index (Phi) is 2.22. The molecule has 4 N–H and O–H groups in total. The minimum Gasteiger partial charge on any atom is -0.428 e. The van der Waals surface area contributed by atoms with Gasteiger partial charge in [-0.25, -0.2) is 15.6 Å². The Morgan fingerprint density at radius 2 is 2.12 bits per heavy atom. The van der Waals surface area contributed by atoms with Crippen LogP contribution in [0.3, 0.4) is 0 Å². The van der Waals surface area contributed by atoms with E-state index < -0.39 is 7.67 Å². The molecule has 0 atom stereocenters.